The van der Waals surface area contributed by atoms with Gasteiger partial charge in [0.1, 0.15) is 0 Å². The van der Waals surface area contributed by atoms with Crippen molar-refractivity contribution in [3.63, 3.8) is 0 Å². The predicted octanol–water partition coefficient (Wildman–Crippen LogP) is 0.441. The van der Waals surface area contributed by atoms with E-state index < -0.39 is 24.2 Å². The number of hydrogen-bond donors (Lipinski definition) is 4. The molecule has 1 aromatic carbocycles. The quantitative estimate of drug-likeness (QED) is 0.594. The Morgan fingerprint density at radius 2 is 1.69 bits per heavy atom. The molecule has 4 N–H and O–H groups in total. The zero-order valence-corrected chi connectivity index (χ0v) is 8.20. The molecule has 0 bridgehead atoms. The number of carboxylic acid groups (broad SMARTS) is 2. The average Bonchev–Trinajstić information content (AvgIpc) is 2.26. The highest BCUT2D eigenvalue weighted by Crippen LogP contribution is 2.16. The SMILES string of the molecule is O=C(O)N[C@H](c1ccccc1)C(O)C(=O)O. The molecular weight excluding hydrogens is 214 g/mol. The molecule has 0 aliphatic heterocycles. The molecule has 6 heteroatoms. The lowest BCUT2D eigenvalue weighted by Crippen LogP contribution is -2.39. The molecule has 1 unspecified atom stereocenters. The molecule has 0 saturated carbocycles. The van der Waals surface area contributed by atoms with Crippen LogP contribution >= 0.6 is 0 Å². The fourth-order valence-corrected chi connectivity index (χ4v) is 1.28. The molecule has 0 aliphatic rings. The number of aliphatic hydroxyl groups is 1. The first kappa shape index (κ1) is 12.0. The number of amides is 1. The normalized spacial score (nSPS) is 13.8. The van der Waals surface area contributed by atoms with Crippen LogP contribution in [0.5, 0.6) is 0 Å². The first-order valence-electron chi connectivity index (χ1n) is 4.47. The maximum absolute atomic E-state index is 10.6. The van der Waals surface area contributed by atoms with E-state index in [0.29, 0.717) is 5.56 Å². The summed E-state index contributed by atoms with van der Waals surface area (Å²) in [6.07, 6.45) is -3.22. The maximum Gasteiger partial charge on any atom is 0.405 e. The molecule has 1 rings (SSSR count). The summed E-state index contributed by atoms with van der Waals surface area (Å²) in [5.41, 5.74) is 0.389. The smallest absolute Gasteiger partial charge is 0.405 e. The van der Waals surface area contributed by atoms with Crippen LogP contribution in [0, 0.1) is 0 Å². The van der Waals surface area contributed by atoms with E-state index in [1.807, 2.05) is 5.32 Å². The van der Waals surface area contributed by atoms with E-state index in [2.05, 4.69) is 0 Å². The number of nitrogens with one attached hydrogen (secondary N) is 1. The second-order valence-corrected chi connectivity index (χ2v) is 3.12. The van der Waals surface area contributed by atoms with E-state index in [0.717, 1.165) is 0 Å². The van der Waals surface area contributed by atoms with Crippen LogP contribution in [-0.4, -0.2) is 33.5 Å². The van der Waals surface area contributed by atoms with Crippen molar-refractivity contribution in [1.82, 2.24) is 5.32 Å². The third-order valence-electron chi connectivity index (χ3n) is 2.01. The van der Waals surface area contributed by atoms with E-state index in [1.54, 1.807) is 18.2 Å². The van der Waals surface area contributed by atoms with Gasteiger partial charge < -0.3 is 20.6 Å². The van der Waals surface area contributed by atoms with Gasteiger partial charge in [0, 0.05) is 0 Å². The third-order valence-corrected chi connectivity index (χ3v) is 2.01. The second-order valence-electron chi connectivity index (χ2n) is 3.12. The minimum atomic E-state index is -1.82. The van der Waals surface area contributed by atoms with Crippen molar-refractivity contribution in [1.29, 1.82) is 0 Å². The molecular formula is C10H11NO5. The van der Waals surface area contributed by atoms with Crippen LogP contribution in [0.4, 0.5) is 4.79 Å². The molecule has 0 saturated heterocycles. The van der Waals surface area contributed by atoms with Crippen LogP contribution in [0.1, 0.15) is 11.6 Å². The third kappa shape index (κ3) is 2.96. The van der Waals surface area contributed by atoms with Crippen LogP contribution < -0.4 is 5.32 Å². The van der Waals surface area contributed by atoms with Gasteiger partial charge in [-0.2, -0.15) is 0 Å². The van der Waals surface area contributed by atoms with Gasteiger partial charge in [-0.3, -0.25) is 0 Å². The molecule has 16 heavy (non-hydrogen) atoms. The fourth-order valence-electron chi connectivity index (χ4n) is 1.28. The van der Waals surface area contributed by atoms with Crippen molar-refractivity contribution < 1.29 is 24.9 Å². The molecule has 86 valence electrons. The van der Waals surface area contributed by atoms with Crippen LogP contribution in [0.3, 0.4) is 0 Å². The van der Waals surface area contributed by atoms with Gasteiger partial charge in [-0.15, -0.1) is 0 Å². The van der Waals surface area contributed by atoms with Crippen molar-refractivity contribution in [2.45, 2.75) is 12.1 Å². The summed E-state index contributed by atoms with van der Waals surface area (Å²) in [5.74, 6) is -1.48. The van der Waals surface area contributed by atoms with Crippen LogP contribution in [0.2, 0.25) is 0 Å². The highest BCUT2D eigenvalue weighted by Gasteiger charge is 2.28. The molecule has 0 fully saturated rings. The van der Waals surface area contributed by atoms with Gasteiger partial charge in [-0.05, 0) is 5.56 Å². The Morgan fingerprint density at radius 3 is 2.12 bits per heavy atom. The first-order chi connectivity index (χ1) is 7.52. The summed E-state index contributed by atoms with van der Waals surface area (Å²) in [4.78, 5) is 21.1. The highest BCUT2D eigenvalue weighted by atomic mass is 16.4. The number of carbonyl (C=O) groups is 2. The van der Waals surface area contributed by atoms with Crippen LogP contribution in [-0.2, 0) is 4.79 Å². The van der Waals surface area contributed by atoms with Gasteiger partial charge in [-0.25, -0.2) is 9.59 Å². The molecule has 6 nitrogen and oxygen atoms in total. The second kappa shape index (κ2) is 5.13. The van der Waals surface area contributed by atoms with Crippen LogP contribution in [0.25, 0.3) is 0 Å². The summed E-state index contributed by atoms with van der Waals surface area (Å²) in [6.45, 7) is 0. The lowest BCUT2D eigenvalue weighted by Gasteiger charge is -2.20. The predicted molar refractivity (Wildman–Crippen MR) is 54.0 cm³/mol. The molecule has 0 aliphatic carbocycles. The summed E-state index contributed by atoms with van der Waals surface area (Å²) >= 11 is 0. The standard InChI is InChI=1S/C10H11NO5/c12-8(9(13)14)7(11-10(15)16)6-4-2-1-3-5-6/h1-5,7-8,11-12H,(H,13,14)(H,15,16)/t7-,8?/m1/s1. The maximum atomic E-state index is 10.6. The molecule has 0 heterocycles. The van der Waals surface area contributed by atoms with Gasteiger partial charge in [0.25, 0.3) is 0 Å². The fraction of sp³-hybridized carbons (Fsp3) is 0.200. The zero-order valence-electron chi connectivity index (χ0n) is 8.20. The summed E-state index contributed by atoms with van der Waals surface area (Å²) in [5, 5.41) is 28.5. The number of aliphatic hydroxyl groups excluding tert-OH is 1. The minimum absolute atomic E-state index is 0.389. The summed E-state index contributed by atoms with van der Waals surface area (Å²) in [7, 11) is 0. The Balaban J connectivity index is 2.96. The topological polar surface area (TPSA) is 107 Å². The molecule has 0 radical (unpaired) electrons. The largest absolute Gasteiger partial charge is 0.479 e. The average molecular weight is 225 g/mol. The molecule has 0 aromatic heterocycles. The van der Waals surface area contributed by atoms with Gasteiger partial charge in [-0.1, -0.05) is 30.3 Å². The Kier molecular flexibility index (Phi) is 3.84. The van der Waals surface area contributed by atoms with Crippen molar-refractivity contribution in [3.05, 3.63) is 35.9 Å². The summed E-state index contributed by atoms with van der Waals surface area (Å²) in [6, 6.07) is 6.84. The van der Waals surface area contributed by atoms with Gasteiger partial charge in [0.2, 0.25) is 0 Å². The van der Waals surface area contributed by atoms with Gasteiger partial charge >= 0.3 is 12.1 Å². The van der Waals surface area contributed by atoms with Crippen molar-refractivity contribution in [2.75, 3.05) is 0 Å². The van der Waals surface area contributed by atoms with E-state index >= 15 is 0 Å². The highest BCUT2D eigenvalue weighted by molar-refractivity contribution is 5.75. The van der Waals surface area contributed by atoms with Crippen molar-refractivity contribution >= 4 is 12.1 Å². The van der Waals surface area contributed by atoms with Crippen molar-refractivity contribution in [3.8, 4) is 0 Å². The minimum Gasteiger partial charge on any atom is -0.479 e. The van der Waals surface area contributed by atoms with Crippen LogP contribution in [0.15, 0.2) is 30.3 Å². The lowest BCUT2D eigenvalue weighted by molar-refractivity contribution is -0.148. The van der Waals surface area contributed by atoms with Gasteiger partial charge in [0.05, 0.1) is 6.04 Å². The molecule has 0 spiro atoms. The summed E-state index contributed by atoms with van der Waals surface area (Å²) < 4.78 is 0. The van der Waals surface area contributed by atoms with Gasteiger partial charge in [0.15, 0.2) is 6.10 Å². The molecule has 2 atom stereocenters. The lowest BCUT2D eigenvalue weighted by atomic mass is 10.0. The zero-order chi connectivity index (χ0) is 12.1. The molecule has 1 amide bonds. The Labute approximate surface area is 91.1 Å². The molecule has 1 aromatic rings. The number of benzene rings is 1. The Bertz CT molecular complexity index is 378. The number of hydrogen-bond acceptors (Lipinski definition) is 3. The number of rotatable bonds is 4. The van der Waals surface area contributed by atoms with E-state index in [-0.39, 0.29) is 0 Å². The van der Waals surface area contributed by atoms with E-state index in [4.69, 9.17) is 10.2 Å². The monoisotopic (exact) mass is 225 g/mol. The number of aliphatic carboxylic acids is 1. The Morgan fingerprint density at radius 1 is 1.12 bits per heavy atom. The van der Waals surface area contributed by atoms with E-state index in [1.165, 1.54) is 12.1 Å². The number of carboxylic acids is 1. The van der Waals surface area contributed by atoms with E-state index in [9.17, 15) is 14.7 Å². The first-order valence-corrected chi connectivity index (χ1v) is 4.47. The Hall–Kier alpha value is -2.08. The van der Waals surface area contributed by atoms with Crippen molar-refractivity contribution in [2.24, 2.45) is 0 Å².